The van der Waals surface area contributed by atoms with E-state index in [-0.39, 0.29) is 32.0 Å². The second-order valence-corrected chi connectivity index (χ2v) is 6.59. The molecule has 136 valence electrons. The summed E-state index contributed by atoms with van der Waals surface area (Å²) in [4.78, 5) is 38.3. The van der Waals surface area contributed by atoms with Crippen molar-refractivity contribution in [2.45, 2.75) is 17.9 Å². The number of amides is 2. The summed E-state index contributed by atoms with van der Waals surface area (Å²) in [6.07, 6.45) is 1.54. The zero-order valence-corrected chi connectivity index (χ0v) is 14.8. The summed E-state index contributed by atoms with van der Waals surface area (Å²) in [7, 11) is 0. The molecule has 0 radical (unpaired) electrons. The highest BCUT2D eigenvalue weighted by molar-refractivity contribution is 8.00. The van der Waals surface area contributed by atoms with Gasteiger partial charge in [-0.25, -0.2) is 0 Å². The number of fused-ring (bicyclic) bond motifs is 1. The van der Waals surface area contributed by atoms with Crippen molar-refractivity contribution in [1.29, 1.82) is 0 Å². The van der Waals surface area contributed by atoms with Crippen LogP contribution in [0.3, 0.4) is 0 Å². The number of anilines is 1. The smallest absolute Gasteiger partial charge is 0.308 e. The lowest BCUT2D eigenvalue weighted by atomic mass is 10.2. The number of hydrogen-bond donors (Lipinski definition) is 1. The van der Waals surface area contributed by atoms with Crippen LogP contribution in [0.2, 0.25) is 0 Å². The van der Waals surface area contributed by atoms with Crippen LogP contribution in [-0.4, -0.2) is 36.7 Å². The van der Waals surface area contributed by atoms with Crippen LogP contribution in [-0.2, 0) is 25.7 Å². The highest BCUT2D eigenvalue weighted by atomic mass is 32.2. The molecule has 8 heteroatoms. The number of carbonyl (C=O) groups is 3. The number of esters is 1. The van der Waals surface area contributed by atoms with Crippen molar-refractivity contribution in [1.82, 2.24) is 5.32 Å². The van der Waals surface area contributed by atoms with Gasteiger partial charge in [0.1, 0.15) is 5.76 Å². The Hall–Kier alpha value is -2.74. The molecule has 1 aliphatic heterocycles. The number of para-hydroxylation sites is 1. The van der Waals surface area contributed by atoms with Crippen molar-refractivity contribution >= 4 is 35.2 Å². The summed E-state index contributed by atoms with van der Waals surface area (Å²) in [6.45, 7) is 0.100. The third-order valence-electron chi connectivity index (χ3n) is 3.75. The Kier molecular flexibility index (Phi) is 5.96. The Labute approximate surface area is 154 Å². The Morgan fingerprint density at radius 2 is 2.08 bits per heavy atom. The lowest BCUT2D eigenvalue weighted by Crippen LogP contribution is -2.37. The van der Waals surface area contributed by atoms with Gasteiger partial charge in [-0.3, -0.25) is 14.4 Å². The van der Waals surface area contributed by atoms with E-state index in [4.69, 9.17) is 9.15 Å². The van der Waals surface area contributed by atoms with Crippen LogP contribution >= 0.6 is 11.8 Å². The van der Waals surface area contributed by atoms with Gasteiger partial charge in [0.25, 0.3) is 5.91 Å². The molecule has 1 N–H and O–H groups in total. The molecule has 2 amide bonds. The molecule has 3 rings (SSSR count). The first-order chi connectivity index (χ1) is 12.6. The van der Waals surface area contributed by atoms with Gasteiger partial charge in [-0.1, -0.05) is 12.1 Å². The topological polar surface area (TPSA) is 88.9 Å². The van der Waals surface area contributed by atoms with Crippen molar-refractivity contribution in [2.75, 3.05) is 23.8 Å². The largest absolute Gasteiger partial charge is 0.467 e. The zero-order valence-electron chi connectivity index (χ0n) is 14.0. The van der Waals surface area contributed by atoms with E-state index >= 15 is 0 Å². The lowest BCUT2D eigenvalue weighted by Gasteiger charge is -2.28. The maximum atomic E-state index is 12.1. The number of hydrogen-bond acceptors (Lipinski definition) is 6. The fourth-order valence-electron chi connectivity index (χ4n) is 2.47. The molecule has 1 aromatic heterocycles. The van der Waals surface area contributed by atoms with E-state index < -0.39 is 11.9 Å². The standard InChI is InChI=1S/C18H18N2O5S/c21-16(19-10-13-4-3-9-24-13)11-25-18(23)7-8-20-14-5-1-2-6-15(14)26-12-17(20)22/h1-6,9H,7-8,10-12H2,(H,19,21). The normalized spacial score (nSPS) is 13.2. The number of nitrogens with one attached hydrogen (secondary N) is 1. The summed E-state index contributed by atoms with van der Waals surface area (Å²) in [5.41, 5.74) is 0.803. The number of rotatable bonds is 7. The van der Waals surface area contributed by atoms with Crippen molar-refractivity contribution in [3.05, 3.63) is 48.4 Å². The molecule has 7 nitrogen and oxygen atoms in total. The van der Waals surface area contributed by atoms with E-state index in [1.165, 1.54) is 18.0 Å². The average Bonchev–Trinajstić information content (AvgIpc) is 3.17. The molecule has 0 fully saturated rings. The molecule has 0 bridgehead atoms. The molecular weight excluding hydrogens is 356 g/mol. The third-order valence-corrected chi connectivity index (χ3v) is 4.80. The molecule has 0 saturated heterocycles. The van der Waals surface area contributed by atoms with Crippen LogP contribution in [0.1, 0.15) is 12.2 Å². The van der Waals surface area contributed by atoms with E-state index in [1.807, 2.05) is 24.3 Å². The lowest BCUT2D eigenvalue weighted by molar-refractivity contribution is -0.148. The molecule has 1 aromatic carbocycles. The predicted octanol–water partition coefficient (Wildman–Crippen LogP) is 1.97. The number of benzene rings is 1. The minimum absolute atomic E-state index is 0.0240. The van der Waals surface area contributed by atoms with Gasteiger partial charge in [-0.05, 0) is 24.3 Å². The van der Waals surface area contributed by atoms with Crippen molar-refractivity contribution in [3.8, 4) is 0 Å². The van der Waals surface area contributed by atoms with Crippen LogP contribution in [0.15, 0.2) is 52.0 Å². The zero-order chi connectivity index (χ0) is 18.4. The predicted molar refractivity (Wildman–Crippen MR) is 95.6 cm³/mol. The van der Waals surface area contributed by atoms with Crippen LogP contribution in [0.25, 0.3) is 0 Å². The number of carbonyl (C=O) groups excluding carboxylic acids is 3. The number of ether oxygens (including phenoxy) is 1. The van der Waals surface area contributed by atoms with E-state index in [0.29, 0.717) is 11.5 Å². The molecule has 2 aromatic rings. The monoisotopic (exact) mass is 374 g/mol. The fourth-order valence-corrected chi connectivity index (χ4v) is 3.41. The first-order valence-corrected chi connectivity index (χ1v) is 9.09. The van der Waals surface area contributed by atoms with Crippen molar-refractivity contribution in [2.24, 2.45) is 0 Å². The van der Waals surface area contributed by atoms with Gasteiger partial charge >= 0.3 is 5.97 Å². The Balaban J connectivity index is 1.42. The minimum Gasteiger partial charge on any atom is -0.467 e. The summed E-state index contributed by atoms with van der Waals surface area (Å²) < 4.78 is 10.1. The van der Waals surface area contributed by atoms with Gasteiger partial charge in [-0.15, -0.1) is 11.8 Å². The molecule has 0 spiro atoms. The summed E-state index contributed by atoms with van der Waals surface area (Å²) in [5.74, 6) is -0.0175. The van der Waals surface area contributed by atoms with Gasteiger partial charge < -0.3 is 19.4 Å². The maximum absolute atomic E-state index is 12.1. The van der Waals surface area contributed by atoms with E-state index in [1.54, 1.807) is 17.0 Å². The van der Waals surface area contributed by atoms with Gasteiger partial charge in [0.15, 0.2) is 6.61 Å². The summed E-state index contributed by atoms with van der Waals surface area (Å²) in [5, 5.41) is 2.59. The molecule has 0 unspecified atom stereocenters. The van der Waals surface area contributed by atoms with Crippen molar-refractivity contribution in [3.63, 3.8) is 0 Å². The van der Waals surface area contributed by atoms with E-state index in [2.05, 4.69) is 5.32 Å². The van der Waals surface area contributed by atoms with Crippen LogP contribution in [0.4, 0.5) is 5.69 Å². The minimum atomic E-state index is -0.526. The van der Waals surface area contributed by atoms with Gasteiger partial charge in [-0.2, -0.15) is 0 Å². The van der Waals surface area contributed by atoms with Gasteiger partial charge in [0.05, 0.1) is 30.7 Å². The Bertz CT molecular complexity index is 791. The molecule has 0 saturated carbocycles. The van der Waals surface area contributed by atoms with Gasteiger partial charge in [0, 0.05) is 11.4 Å². The number of thioether (sulfide) groups is 1. The van der Waals surface area contributed by atoms with E-state index in [9.17, 15) is 14.4 Å². The first kappa shape index (κ1) is 18.1. The molecule has 26 heavy (non-hydrogen) atoms. The van der Waals surface area contributed by atoms with Gasteiger partial charge in [0.2, 0.25) is 5.91 Å². The maximum Gasteiger partial charge on any atom is 0.308 e. The number of furan rings is 1. The molecule has 0 atom stereocenters. The summed E-state index contributed by atoms with van der Waals surface area (Å²) in [6, 6.07) is 11.0. The van der Waals surface area contributed by atoms with Crippen LogP contribution < -0.4 is 10.2 Å². The molecule has 2 heterocycles. The quantitative estimate of drug-likeness (QED) is 0.746. The molecular formula is C18H18N2O5S. The summed E-state index contributed by atoms with van der Waals surface area (Å²) >= 11 is 1.49. The Morgan fingerprint density at radius 3 is 2.88 bits per heavy atom. The average molecular weight is 374 g/mol. The van der Waals surface area contributed by atoms with Crippen molar-refractivity contribution < 1.29 is 23.5 Å². The molecule has 1 aliphatic rings. The Morgan fingerprint density at radius 1 is 1.23 bits per heavy atom. The number of nitrogens with zero attached hydrogens (tertiary/aromatic N) is 1. The van der Waals surface area contributed by atoms with Crippen LogP contribution in [0.5, 0.6) is 0 Å². The highest BCUT2D eigenvalue weighted by Gasteiger charge is 2.24. The molecule has 0 aliphatic carbocycles. The second kappa shape index (κ2) is 8.57. The van der Waals surface area contributed by atoms with E-state index in [0.717, 1.165) is 10.6 Å². The first-order valence-electron chi connectivity index (χ1n) is 8.10. The third kappa shape index (κ3) is 4.66. The van der Waals surface area contributed by atoms with Crippen LogP contribution in [0, 0.1) is 0 Å². The second-order valence-electron chi connectivity index (χ2n) is 5.57. The highest BCUT2D eigenvalue weighted by Crippen LogP contribution is 2.34. The fraction of sp³-hybridized carbons (Fsp3) is 0.278. The SMILES string of the molecule is O=C(COC(=O)CCN1C(=O)CSc2ccccc21)NCc1ccco1.